The average molecular weight is 323 g/mol. The molecule has 2 aromatic carbocycles. The number of Topliss-reactive ketones (excluding diaryl/α,β-unsaturated/α-hetero) is 1. The van der Waals surface area contributed by atoms with Crippen molar-refractivity contribution in [2.24, 2.45) is 0 Å². The third kappa shape index (κ3) is 3.61. The maximum atomic E-state index is 12.3. The molecule has 0 aliphatic heterocycles. The highest BCUT2D eigenvalue weighted by molar-refractivity contribution is 5.96. The van der Waals surface area contributed by atoms with Gasteiger partial charge in [-0.15, -0.1) is 5.03 Å². The zero-order valence-electron chi connectivity index (χ0n) is 12.5. The number of carbonyl (C=O) groups excluding carboxylic acids is 1. The highest BCUT2D eigenvalue weighted by atomic mass is 16.7. The third-order valence-corrected chi connectivity index (χ3v) is 3.37. The third-order valence-electron chi connectivity index (χ3n) is 3.37. The second-order valence-electron chi connectivity index (χ2n) is 5.02. The fraction of sp³-hybridized carbons (Fsp3) is 0.0625. The van der Waals surface area contributed by atoms with E-state index in [0.717, 1.165) is 22.1 Å². The van der Waals surface area contributed by atoms with Crippen molar-refractivity contribution in [3.05, 3.63) is 88.5 Å². The second-order valence-corrected chi connectivity index (χ2v) is 5.02. The Bertz CT molecular complexity index is 859. The molecule has 3 rings (SSSR count). The number of nitro groups is 1. The van der Waals surface area contributed by atoms with Gasteiger partial charge in [0.15, 0.2) is 6.54 Å². The molecule has 0 bridgehead atoms. The molecule has 24 heavy (non-hydrogen) atoms. The molecule has 0 aliphatic carbocycles. The smallest absolute Gasteiger partial charge is 0.332 e. The summed E-state index contributed by atoms with van der Waals surface area (Å²) in [5.74, 6) is -0.147. The predicted octanol–water partition coefficient (Wildman–Crippen LogP) is 2.05. The van der Waals surface area contributed by atoms with Gasteiger partial charge in [0.25, 0.3) is 6.33 Å². The molecule has 1 aromatic heterocycles. The van der Waals surface area contributed by atoms with E-state index in [1.54, 1.807) is 12.1 Å². The van der Waals surface area contributed by atoms with Crippen molar-refractivity contribution in [1.29, 1.82) is 0 Å². The quantitative estimate of drug-likeness (QED) is 0.300. The van der Waals surface area contributed by atoms with Crippen LogP contribution in [0.15, 0.2) is 67.3 Å². The van der Waals surface area contributed by atoms with Crippen molar-refractivity contribution in [1.82, 2.24) is 9.78 Å². The molecule has 0 unspecified atom stereocenters. The van der Waals surface area contributed by atoms with Crippen LogP contribution in [0, 0.1) is 10.1 Å². The molecule has 0 saturated heterocycles. The van der Waals surface area contributed by atoms with Crippen molar-refractivity contribution < 1.29 is 14.5 Å². The van der Waals surface area contributed by atoms with Crippen LogP contribution in [0.3, 0.4) is 0 Å². The second kappa shape index (κ2) is 6.69. The number of carbonyl (C=O) groups is 1. The van der Waals surface area contributed by atoms with Crippen molar-refractivity contribution in [3.8, 4) is 11.1 Å². The molecular weight excluding hydrogens is 310 g/mol. The van der Waals surface area contributed by atoms with Crippen LogP contribution in [0.25, 0.3) is 16.7 Å². The maximum Gasteiger partial charge on any atom is 0.332 e. The average Bonchev–Trinajstić information content (AvgIpc) is 3.02. The van der Waals surface area contributed by atoms with E-state index < -0.39 is 5.03 Å². The van der Waals surface area contributed by atoms with E-state index >= 15 is 0 Å². The largest absolute Gasteiger partial charge is 0.373 e. The van der Waals surface area contributed by atoms with Crippen molar-refractivity contribution in [3.63, 3.8) is 0 Å². The van der Waals surface area contributed by atoms with Gasteiger partial charge in [-0.3, -0.25) is 10.3 Å². The zero-order valence-corrected chi connectivity index (χ0v) is 12.5. The molecule has 120 valence electrons. The number of benzene rings is 2. The highest BCUT2D eigenvalue weighted by Crippen LogP contribution is 2.19. The molecular formula is C16H13N5O3. The lowest BCUT2D eigenvalue weighted by atomic mass is 10.0. The molecule has 0 N–H and O–H groups in total. The number of hydrogen-bond donors (Lipinski definition) is 0. The van der Waals surface area contributed by atoms with Gasteiger partial charge in [0.05, 0.1) is 0 Å². The standard InChI is InChI=1S/C16H13N5O3/c22-16(10-19-12-20(11-17-19)18-21(23)24)15-8-6-14(7-9-15)13-4-2-1-3-5-13/h1-9,11-12H,10H2. The molecule has 0 amide bonds. The van der Waals surface area contributed by atoms with Gasteiger partial charge in [-0.05, 0) is 15.8 Å². The highest BCUT2D eigenvalue weighted by Gasteiger charge is 2.15. The molecule has 0 aliphatic rings. The monoisotopic (exact) mass is 323 g/mol. The Morgan fingerprint density at radius 1 is 1.12 bits per heavy atom. The fourth-order valence-corrected chi connectivity index (χ4v) is 2.25. The van der Waals surface area contributed by atoms with Crippen LogP contribution in [-0.2, 0) is 6.54 Å². The minimum absolute atomic E-state index is 0.0229. The van der Waals surface area contributed by atoms with E-state index in [-0.39, 0.29) is 12.3 Å². The van der Waals surface area contributed by atoms with Crippen LogP contribution in [0.1, 0.15) is 10.4 Å². The molecule has 0 radical (unpaired) electrons. The lowest BCUT2D eigenvalue weighted by Gasteiger charge is -2.07. The Kier molecular flexibility index (Phi) is 4.28. The summed E-state index contributed by atoms with van der Waals surface area (Å²) in [5.41, 5.74) is 5.69. The molecule has 0 spiro atoms. The Balaban J connectivity index is 1.69. The Morgan fingerprint density at radius 2 is 1.79 bits per heavy atom. The predicted molar refractivity (Wildman–Crippen MR) is 84.4 cm³/mol. The van der Waals surface area contributed by atoms with Crippen molar-refractivity contribution in [2.45, 2.75) is 6.54 Å². The molecule has 0 saturated carbocycles. The first-order valence-electron chi connectivity index (χ1n) is 7.10. The van der Waals surface area contributed by atoms with E-state index in [1.807, 2.05) is 42.5 Å². The van der Waals surface area contributed by atoms with Crippen LogP contribution in [0.2, 0.25) is 0 Å². The van der Waals surface area contributed by atoms with E-state index in [9.17, 15) is 14.9 Å². The molecule has 1 heterocycles. The summed E-state index contributed by atoms with van der Waals surface area (Å²) in [6, 6.07) is 17.1. The van der Waals surface area contributed by atoms with Gasteiger partial charge < -0.3 is 10.1 Å². The van der Waals surface area contributed by atoms with Crippen LogP contribution in [0.5, 0.6) is 0 Å². The van der Waals surface area contributed by atoms with E-state index in [0.29, 0.717) is 5.56 Å². The topological polar surface area (TPSA) is 96.0 Å². The SMILES string of the molecule is O=C(Cn1c[n+]([N-][N+](=O)[O-])cn1)c1ccc(-c2ccccc2)cc1. The van der Waals surface area contributed by atoms with Crippen LogP contribution in [-0.4, -0.2) is 20.6 Å². The summed E-state index contributed by atoms with van der Waals surface area (Å²) in [6.07, 6.45) is 2.44. The lowest BCUT2D eigenvalue weighted by molar-refractivity contribution is -0.738. The summed E-state index contributed by atoms with van der Waals surface area (Å²) in [5, 5.41) is 13.3. The Hall–Kier alpha value is -3.55. The summed E-state index contributed by atoms with van der Waals surface area (Å²) in [6.45, 7) is -0.0229. The zero-order chi connectivity index (χ0) is 16.9. The fourth-order valence-electron chi connectivity index (χ4n) is 2.25. The minimum Gasteiger partial charge on any atom is -0.373 e. The van der Waals surface area contributed by atoms with Gasteiger partial charge in [-0.2, -0.15) is 0 Å². The molecule has 8 heteroatoms. The number of nitrogens with zero attached hydrogens (tertiary/aromatic N) is 5. The maximum absolute atomic E-state index is 12.3. The van der Waals surface area contributed by atoms with Crippen molar-refractivity contribution >= 4 is 5.78 Å². The first-order chi connectivity index (χ1) is 11.6. The summed E-state index contributed by atoms with van der Waals surface area (Å²) in [7, 11) is 0. The van der Waals surface area contributed by atoms with Gasteiger partial charge in [0.1, 0.15) is 5.10 Å². The number of aromatic nitrogens is 3. The van der Waals surface area contributed by atoms with Gasteiger partial charge in [-0.1, -0.05) is 54.6 Å². The normalized spacial score (nSPS) is 10.3. The lowest BCUT2D eigenvalue weighted by Crippen LogP contribution is -2.29. The van der Waals surface area contributed by atoms with Crippen molar-refractivity contribution in [2.75, 3.05) is 0 Å². The van der Waals surface area contributed by atoms with E-state index in [1.165, 1.54) is 11.0 Å². The van der Waals surface area contributed by atoms with E-state index in [2.05, 4.69) is 10.6 Å². The molecule has 8 nitrogen and oxygen atoms in total. The van der Waals surface area contributed by atoms with Crippen LogP contribution in [0.4, 0.5) is 0 Å². The van der Waals surface area contributed by atoms with Gasteiger partial charge >= 0.3 is 6.33 Å². The van der Waals surface area contributed by atoms with Crippen LogP contribution < -0.4 is 4.68 Å². The van der Waals surface area contributed by atoms with Gasteiger partial charge in [0.2, 0.25) is 5.78 Å². The summed E-state index contributed by atoms with van der Waals surface area (Å²) >= 11 is 0. The first kappa shape index (κ1) is 15.3. The number of rotatable bonds is 6. The number of hydrogen-bond acceptors (Lipinski definition) is 4. The molecule has 0 atom stereocenters. The Labute approximate surface area is 137 Å². The Morgan fingerprint density at radius 3 is 2.46 bits per heavy atom. The number of ketones is 1. The molecule has 0 fully saturated rings. The minimum atomic E-state index is -0.837. The van der Waals surface area contributed by atoms with Gasteiger partial charge in [0, 0.05) is 5.56 Å². The van der Waals surface area contributed by atoms with E-state index in [4.69, 9.17) is 0 Å². The first-order valence-corrected chi connectivity index (χ1v) is 7.10. The van der Waals surface area contributed by atoms with Crippen LogP contribution >= 0.6 is 0 Å². The summed E-state index contributed by atoms with van der Waals surface area (Å²) in [4.78, 5) is 22.5. The molecule has 3 aromatic rings. The van der Waals surface area contributed by atoms with Gasteiger partial charge in [-0.25, -0.2) is 4.68 Å². The summed E-state index contributed by atoms with van der Waals surface area (Å²) < 4.78 is 2.23.